The lowest BCUT2D eigenvalue weighted by Crippen LogP contribution is -2.12. The van der Waals surface area contributed by atoms with Crippen LogP contribution in [0.25, 0.3) is 12.2 Å². The van der Waals surface area contributed by atoms with Crippen LogP contribution in [0.3, 0.4) is 0 Å². The molecule has 0 bridgehead atoms. The number of benzene rings is 2. The number of phenols is 1. The van der Waals surface area contributed by atoms with E-state index in [9.17, 15) is 14.7 Å². The van der Waals surface area contributed by atoms with Crippen molar-refractivity contribution in [2.75, 3.05) is 5.32 Å². The van der Waals surface area contributed by atoms with Crippen molar-refractivity contribution in [3.05, 3.63) is 59.2 Å². The van der Waals surface area contributed by atoms with Crippen LogP contribution >= 0.6 is 0 Å². The molecule has 0 saturated carbocycles. The predicted molar refractivity (Wildman–Crippen MR) is 76.4 cm³/mol. The predicted octanol–water partition coefficient (Wildman–Crippen LogP) is 2.70. The third kappa shape index (κ3) is 2.07. The highest BCUT2D eigenvalue weighted by Crippen LogP contribution is 2.27. The van der Waals surface area contributed by atoms with E-state index in [2.05, 4.69) is 5.32 Å². The molecule has 0 atom stereocenters. The summed E-state index contributed by atoms with van der Waals surface area (Å²) in [5.74, 6) is -0.899. The highest BCUT2D eigenvalue weighted by Gasteiger charge is 2.29. The summed E-state index contributed by atoms with van der Waals surface area (Å²) >= 11 is 0. The van der Waals surface area contributed by atoms with Crippen LogP contribution in [0.4, 0.5) is 5.69 Å². The molecule has 0 aliphatic carbocycles. The van der Waals surface area contributed by atoms with Crippen LogP contribution in [-0.4, -0.2) is 16.8 Å². The molecule has 1 aliphatic rings. The SMILES string of the molecule is O=C1Nc2cccc(/C=C/c3ccc(O)cc3)c2C1=O. The van der Waals surface area contributed by atoms with Gasteiger partial charge in [-0.25, -0.2) is 0 Å². The standard InChI is InChI=1S/C16H11NO3/c18-12-8-5-10(6-9-12)4-7-11-2-1-3-13-14(11)15(19)16(20)17-13/h1-9,18H,(H,17,19,20)/b7-4+. The van der Waals surface area contributed by atoms with Crippen molar-refractivity contribution in [1.82, 2.24) is 0 Å². The Bertz CT molecular complexity index is 730. The Labute approximate surface area is 115 Å². The fourth-order valence-corrected chi connectivity index (χ4v) is 2.13. The monoisotopic (exact) mass is 265 g/mol. The lowest BCUT2D eigenvalue weighted by Gasteiger charge is -2.01. The minimum absolute atomic E-state index is 0.202. The number of ketones is 1. The second kappa shape index (κ2) is 4.66. The van der Waals surface area contributed by atoms with Gasteiger partial charge in [0.1, 0.15) is 5.75 Å². The van der Waals surface area contributed by atoms with E-state index in [1.807, 2.05) is 6.08 Å². The number of aromatic hydroxyl groups is 1. The second-order valence-corrected chi connectivity index (χ2v) is 4.48. The first-order chi connectivity index (χ1) is 9.65. The third-order valence-electron chi connectivity index (χ3n) is 3.13. The van der Waals surface area contributed by atoms with Crippen molar-refractivity contribution < 1.29 is 14.7 Å². The number of hydrogen-bond donors (Lipinski definition) is 2. The first-order valence-electron chi connectivity index (χ1n) is 6.11. The van der Waals surface area contributed by atoms with Gasteiger partial charge in [0.15, 0.2) is 0 Å². The normalized spacial score (nSPS) is 13.6. The van der Waals surface area contributed by atoms with Crippen molar-refractivity contribution in [1.29, 1.82) is 0 Å². The van der Waals surface area contributed by atoms with Crippen LogP contribution in [0.5, 0.6) is 5.75 Å². The summed E-state index contributed by atoms with van der Waals surface area (Å²) in [7, 11) is 0. The number of hydrogen-bond acceptors (Lipinski definition) is 3. The molecule has 1 heterocycles. The summed E-state index contributed by atoms with van der Waals surface area (Å²) in [6, 6.07) is 12.0. The summed E-state index contributed by atoms with van der Waals surface area (Å²) in [6.07, 6.45) is 3.61. The molecule has 20 heavy (non-hydrogen) atoms. The molecule has 0 unspecified atom stereocenters. The Balaban J connectivity index is 1.97. The first-order valence-corrected chi connectivity index (χ1v) is 6.11. The summed E-state index contributed by atoms with van der Waals surface area (Å²) < 4.78 is 0. The number of amides is 1. The van der Waals surface area contributed by atoms with Crippen LogP contribution in [0.1, 0.15) is 21.5 Å². The molecule has 0 aromatic heterocycles. The summed E-state index contributed by atoms with van der Waals surface area (Å²) in [5, 5.41) is 11.8. The molecule has 0 spiro atoms. The zero-order valence-corrected chi connectivity index (χ0v) is 10.5. The Morgan fingerprint density at radius 1 is 0.950 bits per heavy atom. The van der Waals surface area contributed by atoms with Crippen LogP contribution < -0.4 is 5.32 Å². The summed E-state index contributed by atoms with van der Waals surface area (Å²) in [6.45, 7) is 0. The van der Waals surface area contributed by atoms with Gasteiger partial charge in [0, 0.05) is 0 Å². The van der Waals surface area contributed by atoms with Gasteiger partial charge in [-0.3, -0.25) is 9.59 Å². The largest absolute Gasteiger partial charge is 0.508 e. The van der Waals surface area contributed by atoms with Gasteiger partial charge in [-0.2, -0.15) is 0 Å². The van der Waals surface area contributed by atoms with E-state index in [1.165, 1.54) is 0 Å². The van der Waals surface area contributed by atoms with Gasteiger partial charge in [0.2, 0.25) is 0 Å². The molecule has 1 aliphatic heterocycles. The van der Waals surface area contributed by atoms with Crippen LogP contribution in [0, 0.1) is 0 Å². The molecule has 2 aromatic carbocycles. The molecular formula is C16H11NO3. The van der Waals surface area contributed by atoms with Crippen LogP contribution in [-0.2, 0) is 4.79 Å². The van der Waals surface area contributed by atoms with E-state index >= 15 is 0 Å². The van der Waals surface area contributed by atoms with E-state index in [0.717, 1.165) is 5.56 Å². The summed E-state index contributed by atoms with van der Waals surface area (Å²) in [4.78, 5) is 23.2. The highest BCUT2D eigenvalue weighted by molar-refractivity contribution is 6.52. The smallest absolute Gasteiger partial charge is 0.296 e. The van der Waals surface area contributed by atoms with E-state index < -0.39 is 11.7 Å². The molecule has 4 nitrogen and oxygen atoms in total. The van der Waals surface area contributed by atoms with Crippen LogP contribution in [0.15, 0.2) is 42.5 Å². The van der Waals surface area contributed by atoms with E-state index in [4.69, 9.17) is 0 Å². The fourth-order valence-electron chi connectivity index (χ4n) is 2.13. The zero-order valence-electron chi connectivity index (χ0n) is 10.5. The van der Waals surface area contributed by atoms with Crippen molar-refractivity contribution in [3.8, 4) is 5.75 Å². The first kappa shape index (κ1) is 12.2. The summed E-state index contributed by atoms with van der Waals surface area (Å²) in [5.41, 5.74) is 2.55. The van der Waals surface area contributed by atoms with Crippen LogP contribution in [0.2, 0.25) is 0 Å². The maximum absolute atomic E-state index is 11.8. The third-order valence-corrected chi connectivity index (χ3v) is 3.13. The number of anilines is 1. The second-order valence-electron chi connectivity index (χ2n) is 4.48. The van der Waals surface area contributed by atoms with Gasteiger partial charge >= 0.3 is 0 Å². The molecule has 2 N–H and O–H groups in total. The number of fused-ring (bicyclic) bond motifs is 1. The number of nitrogens with one attached hydrogen (secondary N) is 1. The van der Waals surface area contributed by atoms with Gasteiger partial charge in [0.25, 0.3) is 11.7 Å². The van der Waals surface area contributed by atoms with E-state index in [-0.39, 0.29) is 5.75 Å². The average molecular weight is 265 g/mol. The number of Topliss-reactive ketones (excluding diaryl/α,β-unsaturated/α-hetero) is 1. The molecular weight excluding hydrogens is 254 g/mol. The molecule has 0 fully saturated rings. The van der Waals surface area contributed by atoms with Crippen molar-refractivity contribution in [3.63, 3.8) is 0 Å². The minimum Gasteiger partial charge on any atom is -0.508 e. The van der Waals surface area contributed by atoms with Crippen molar-refractivity contribution in [2.45, 2.75) is 0 Å². The average Bonchev–Trinajstić information content (AvgIpc) is 2.74. The number of carbonyl (C=O) groups is 2. The molecule has 98 valence electrons. The number of carbonyl (C=O) groups excluding carboxylic acids is 2. The molecule has 4 heteroatoms. The zero-order chi connectivity index (χ0) is 14.1. The maximum Gasteiger partial charge on any atom is 0.296 e. The molecule has 3 rings (SSSR count). The topological polar surface area (TPSA) is 66.4 Å². The van der Waals surface area contributed by atoms with Gasteiger partial charge in [0.05, 0.1) is 11.3 Å². The van der Waals surface area contributed by atoms with E-state index in [1.54, 1.807) is 48.5 Å². The lowest BCUT2D eigenvalue weighted by molar-refractivity contribution is -0.112. The Kier molecular flexibility index (Phi) is 2.84. The van der Waals surface area contributed by atoms with Gasteiger partial charge in [-0.05, 0) is 29.3 Å². The van der Waals surface area contributed by atoms with Crippen molar-refractivity contribution in [2.24, 2.45) is 0 Å². The molecule has 0 saturated heterocycles. The van der Waals surface area contributed by atoms with E-state index in [0.29, 0.717) is 16.8 Å². The van der Waals surface area contributed by atoms with Crippen molar-refractivity contribution >= 4 is 29.5 Å². The Morgan fingerprint density at radius 2 is 1.70 bits per heavy atom. The van der Waals surface area contributed by atoms with Gasteiger partial charge in [-0.1, -0.05) is 36.4 Å². The maximum atomic E-state index is 11.8. The fraction of sp³-hybridized carbons (Fsp3) is 0. The molecule has 1 amide bonds. The van der Waals surface area contributed by atoms with Gasteiger partial charge < -0.3 is 10.4 Å². The molecule has 0 radical (unpaired) electrons. The Morgan fingerprint density at radius 3 is 2.45 bits per heavy atom. The van der Waals surface area contributed by atoms with Gasteiger partial charge in [-0.15, -0.1) is 0 Å². The number of rotatable bonds is 2. The Hall–Kier alpha value is -2.88. The minimum atomic E-state index is -0.592. The lowest BCUT2D eigenvalue weighted by atomic mass is 10.0. The highest BCUT2D eigenvalue weighted by atomic mass is 16.3. The quantitative estimate of drug-likeness (QED) is 0.648. The molecule has 2 aromatic rings. The number of phenolic OH excluding ortho intramolecular Hbond substituents is 1.